The molecule has 2 aromatic carbocycles. The average molecular weight is 435 g/mol. The van der Waals surface area contributed by atoms with Crippen LogP contribution in [0.3, 0.4) is 0 Å². The quantitative estimate of drug-likeness (QED) is 0.549. The van der Waals surface area contributed by atoms with E-state index in [0.717, 1.165) is 9.87 Å². The maximum Gasteiger partial charge on any atom is 0.268 e. The van der Waals surface area contributed by atoms with Crippen LogP contribution in [-0.4, -0.2) is 47.2 Å². The van der Waals surface area contributed by atoms with Gasteiger partial charge in [0, 0.05) is 13.2 Å². The van der Waals surface area contributed by atoms with Crippen LogP contribution in [0, 0.1) is 6.92 Å². The fourth-order valence-electron chi connectivity index (χ4n) is 2.82. The van der Waals surface area contributed by atoms with Crippen LogP contribution in [0.5, 0.6) is 5.75 Å². The molecule has 8 heteroatoms. The summed E-state index contributed by atoms with van der Waals surface area (Å²) in [6, 6.07) is 13.5. The van der Waals surface area contributed by atoms with Crippen molar-refractivity contribution in [2.45, 2.75) is 38.2 Å². The maximum atomic E-state index is 13.5. The van der Waals surface area contributed by atoms with Crippen molar-refractivity contribution in [2.24, 2.45) is 0 Å². The van der Waals surface area contributed by atoms with Crippen LogP contribution < -0.4 is 14.4 Å². The molecular weight excluding hydrogens is 404 g/mol. The SMILES string of the molecule is COc1ccc(C)cc1S(=O)(=O)N(CC(=O)NCCCOC(C)C)c1ccccc1. The number of amides is 1. The number of anilines is 1. The molecule has 164 valence electrons. The zero-order valence-electron chi connectivity index (χ0n) is 17.9. The van der Waals surface area contributed by atoms with E-state index in [0.29, 0.717) is 25.3 Å². The fourth-order valence-corrected chi connectivity index (χ4v) is 4.48. The number of para-hydroxylation sites is 1. The summed E-state index contributed by atoms with van der Waals surface area (Å²) >= 11 is 0. The number of hydrogen-bond acceptors (Lipinski definition) is 5. The van der Waals surface area contributed by atoms with Crippen LogP contribution in [0.15, 0.2) is 53.4 Å². The minimum atomic E-state index is -4.04. The Morgan fingerprint density at radius 2 is 1.83 bits per heavy atom. The molecule has 0 aliphatic heterocycles. The summed E-state index contributed by atoms with van der Waals surface area (Å²) < 4.78 is 38.8. The number of aryl methyl sites for hydroxylation is 1. The second-order valence-corrected chi connectivity index (χ2v) is 8.96. The van der Waals surface area contributed by atoms with Gasteiger partial charge in [0.15, 0.2) is 0 Å². The van der Waals surface area contributed by atoms with E-state index in [2.05, 4.69) is 5.32 Å². The van der Waals surface area contributed by atoms with Crippen LogP contribution in [-0.2, 0) is 19.6 Å². The molecule has 0 saturated carbocycles. The first-order valence-electron chi connectivity index (χ1n) is 9.86. The molecule has 0 unspecified atom stereocenters. The van der Waals surface area contributed by atoms with Gasteiger partial charge in [-0.2, -0.15) is 0 Å². The van der Waals surface area contributed by atoms with Gasteiger partial charge in [0.05, 0.1) is 18.9 Å². The lowest BCUT2D eigenvalue weighted by atomic mass is 10.2. The summed E-state index contributed by atoms with van der Waals surface area (Å²) in [6.45, 7) is 6.29. The number of nitrogens with zero attached hydrogens (tertiary/aromatic N) is 1. The molecule has 1 amide bonds. The molecule has 2 aromatic rings. The second-order valence-electron chi connectivity index (χ2n) is 7.12. The monoisotopic (exact) mass is 434 g/mol. The first kappa shape index (κ1) is 23.7. The molecule has 7 nitrogen and oxygen atoms in total. The van der Waals surface area contributed by atoms with Gasteiger partial charge in [0.1, 0.15) is 17.2 Å². The first-order chi connectivity index (χ1) is 14.3. The molecule has 0 heterocycles. The van der Waals surface area contributed by atoms with Crippen LogP contribution in [0.4, 0.5) is 5.69 Å². The van der Waals surface area contributed by atoms with Crippen LogP contribution in [0.25, 0.3) is 0 Å². The molecule has 0 fully saturated rings. The van der Waals surface area contributed by atoms with Gasteiger partial charge in [0.2, 0.25) is 5.91 Å². The number of methoxy groups -OCH3 is 1. The van der Waals surface area contributed by atoms with Crippen LogP contribution in [0.2, 0.25) is 0 Å². The Morgan fingerprint density at radius 3 is 2.47 bits per heavy atom. The molecule has 1 N–H and O–H groups in total. The van der Waals surface area contributed by atoms with Crippen molar-refractivity contribution in [3.63, 3.8) is 0 Å². The number of carbonyl (C=O) groups is 1. The van der Waals surface area contributed by atoms with Gasteiger partial charge in [-0.15, -0.1) is 0 Å². The highest BCUT2D eigenvalue weighted by atomic mass is 32.2. The number of benzene rings is 2. The third kappa shape index (κ3) is 6.47. The standard InChI is InChI=1S/C22H30N2O5S/c1-17(2)29-14-8-13-23-22(25)16-24(19-9-6-5-7-10-19)30(26,27)21-15-18(3)11-12-20(21)28-4/h5-7,9-12,15,17H,8,13-14,16H2,1-4H3,(H,23,25). The minimum Gasteiger partial charge on any atom is -0.495 e. The van der Waals surface area contributed by atoms with Gasteiger partial charge in [-0.1, -0.05) is 24.3 Å². The molecule has 0 aromatic heterocycles. The predicted molar refractivity (Wildman–Crippen MR) is 117 cm³/mol. The van der Waals surface area contributed by atoms with E-state index in [9.17, 15) is 13.2 Å². The largest absolute Gasteiger partial charge is 0.495 e. The molecule has 0 radical (unpaired) electrons. The third-order valence-electron chi connectivity index (χ3n) is 4.31. The molecule has 0 spiro atoms. The number of ether oxygens (including phenoxy) is 2. The summed E-state index contributed by atoms with van der Waals surface area (Å²) in [4.78, 5) is 12.6. The van der Waals surface area contributed by atoms with Crippen LogP contribution in [0.1, 0.15) is 25.8 Å². The second kappa shape index (κ2) is 11.0. The molecule has 0 atom stereocenters. The number of carbonyl (C=O) groups excluding carboxylic acids is 1. The van der Waals surface area contributed by atoms with E-state index in [1.54, 1.807) is 55.5 Å². The van der Waals surface area contributed by atoms with E-state index in [1.807, 2.05) is 13.8 Å². The van der Waals surface area contributed by atoms with Crippen molar-refractivity contribution in [2.75, 3.05) is 31.1 Å². The first-order valence-corrected chi connectivity index (χ1v) is 11.3. The predicted octanol–water partition coefficient (Wildman–Crippen LogP) is 3.13. The van der Waals surface area contributed by atoms with Crippen LogP contribution >= 0.6 is 0 Å². The number of rotatable bonds is 11. The maximum absolute atomic E-state index is 13.5. The highest BCUT2D eigenvalue weighted by molar-refractivity contribution is 7.93. The van der Waals surface area contributed by atoms with E-state index in [4.69, 9.17) is 9.47 Å². The average Bonchev–Trinajstić information content (AvgIpc) is 2.72. The van der Waals surface area contributed by atoms with E-state index < -0.39 is 15.9 Å². The summed E-state index contributed by atoms with van der Waals surface area (Å²) in [5.74, 6) is -0.161. The van der Waals surface area contributed by atoms with Crippen molar-refractivity contribution >= 4 is 21.6 Å². The normalized spacial score (nSPS) is 11.4. The molecule has 0 bridgehead atoms. The number of sulfonamides is 1. The molecule has 0 aliphatic rings. The zero-order valence-corrected chi connectivity index (χ0v) is 18.7. The van der Waals surface area contributed by atoms with Crippen molar-refractivity contribution < 1.29 is 22.7 Å². The van der Waals surface area contributed by atoms with Crippen molar-refractivity contribution in [3.05, 3.63) is 54.1 Å². The lowest BCUT2D eigenvalue weighted by Gasteiger charge is -2.25. The summed E-state index contributed by atoms with van der Waals surface area (Å²) in [6.07, 6.45) is 0.775. The van der Waals surface area contributed by atoms with Gasteiger partial charge in [-0.25, -0.2) is 8.42 Å². The Morgan fingerprint density at radius 1 is 1.13 bits per heavy atom. The highest BCUT2D eigenvalue weighted by Crippen LogP contribution is 2.30. The summed E-state index contributed by atoms with van der Waals surface area (Å²) in [7, 11) is -2.62. The Balaban J connectivity index is 2.24. The van der Waals surface area contributed by atoms with E-state index in [1.165, 1.54) is 7.11 Å². The lowest BCUT2D eigenvalue weighted by molar-refractivity contribution is -0.119. The van der Waals surface area contributed by atoms with Gasteiger partial charge in [-0.05, 0) is 57.0 Å². The van der Waals surface area contributed by atoms with Gasteiger partial charge in [-0.3, -0.25) is 9.10 Å². The molecular formula is C22H30N2O5S. The Bertz CT molecular complexity index is 930. The van der Waals surface area contributed by atoms with Crippen molar-refractivity contribution in [1.29, 1.82) is 0 Å². The lowest BCUT2D eigenvalue weighted by Crippen LogP contribution is -2.41. The van der Waals surface area contributed by atoms with Gasteiger partial charge < -0.3 is 14.8 Å². The highest BCUT2D eigenvalue weighted by Gasteiger charge is 2.30. The topological polar surface area (TPSA) is 84.9 Å². The van der Waals surface area contributed by atoms with Gasteiger partial charge >= 0.3 is 0 Å². The van der Waals surface area contributed by atoms with Crippen molar-refractivity contribution in [1.82, 2.24) is 5.32 Å². The Kier molecular flexibility index (Phi) is 8.68. The van der Waals surface area contributed by atoms with E-state index in [-0.39, 0.29) is 23.3 Å². The molecule has 0 aliphatic carbocycles. The number of hydrogen-bond donors (Lipinski definition) is 1. The van der Waals surface area contributed by atoms with E-state index >= 15 is 0 Å². The Hall–Kier alpha value is -2.58. The van der Waals surface area contributed by atoms with Crippen molar-refractivity contribution in [3.8, 4) is 5.75 Å². The summed E-state index contributed by atoms with van der Waals surface area (Å²) in [5.41, 5.74) is 1.18. The molecule has 0 saturated heterocycles. The smallest absolute Gasteiger partial charge is 0.268 e. The third-order valence-corrected chi connectivity index (χ3v) is 6.11. The summed E-state index contributed by atoms with van der Waals surface area (Å²) in [5, 5.41) is 2.76. The Labute approximate surface area is 179 Å². The number of nitrogens with one attached hydrogen (secondary N) is 1. The van der Waals surface area contributed by atoms with Gasteiger partial charge in [0.25, 0.3) is 10.0 Å². The molecule has 30 heavy (non-hydrogen) atoms. The minimum absolute atomic E-state index is 0.0204. The zero-order chi connectivity index (χ0) is 22.1. The fraction of sp³-hybridized carbons (Fsp3) is 0.409. The molecule has 2 rings (SSSR count).